The molecule has 3 aromatic carbocycles. The van der Waals surface area contributed by atoms with Crippen molar-refractivity contribution in [2.45, 2.75) is 66.6 Å². The van der Waals surface area contributed by atoms with Crippen LogP contribution >= 0.6 is 0 Å². The molecule has 0 aliphatic heterocycles. The molecule has 3 aromatic heterocycles. The minimum Gasteiger partial charge on any atom is -0.318 e. The zero-order chi connectivity index (χ0) is 31.7. The molecular formula is C35H38N8O2. The highest BCUT2D eigenvalue weighted by Crippen LogP contribution is 2.31. The van der Waals surface area contributed by atoms with Crippen LogP contribution in [0.1, 0.15) is 64.0 Å². The van der Waals surface area contributed by atoms with Gasteiger partial charge in [0.1, 0.15) is 5.82 Å². The molecule has 1 unspecified atom stereocenters. The van der Waals surface area contributed by atoms with E-state index >= 15 is 0 Å². The van der Waals surface area contributed by atoms with E-state index in [1.54, 1.807) is 4.57 Å². The number of H-pyrrole nitrogens is 1. The summed E-state index contributed by atoms with van der Waals surface area (Å²) in [6, 6.07) is 25.8. The third-order valence-corrected chi connectivity index (χ3v) is 8.08. The van der Waals surface area contributed by atoms with Crippen LogP contribution in [0.3, 0.4) is 0 Å². The van der Waals surface area contributed by atoms with Crippen LogP contribution in [0, 0.1) is 5.41 Å². The van der Waals surface area contributed by atoms with Crippen LogP contribution in [0.4, 0.5) is 0 Å². The van der Waals surface area contributed by atoms with Crippen molar-refractivity contribution in [2.75, 3.05) is 0 Å². The predicted molar refractivity (Wildman–Crippen MR) is 176 cm³/mol. The van der Waals surface area contributed by atoms with Crippen molar-refractivity contribution < 1.29 is 0 Å². The summed E-state index contributed by atoms with van der Waals surface area (Å²) in [5.41, 5.74) is 5.09. The van der Waals surface area contributed by atoms with Crippen molar-refractivity contribution in [3.05, 3.63) is 117 Å². The normalized spacial score (nSPS) is 12.6. The molecule has 0 bridgehead atoms. The average molecular weight is 603 g/mol. The summed E-state index contributed by atoms with van der Waals surface area (Å²) in [6.07, 6.45) is 1.30. The molecule has 6 aromatic rings. The molecule has 10 nitrogen and oxygen atoms in total. The summed E-state index contributed by atoms with van der Waals surface area (Å²) in [6.45, 7) is 11.2. The maximum Gasteiger partial charge on any atom is 0.333 e. The van der Waals surface area contributed by atoms with Gasteiger partial charge in [-0.3, -0.25) is 13.9 Å². The van der Waals surface area contributed by atoms with Crippen LogP contribution < -0.4 is 11.2 Å². The smallest absolute Gasteiger partial charge is 0.318 e. The topological polar surface area (TPSA) is 116 Å². The van der Waals surface area contributed by atoms with Crippen molar-refractivity contribution in [1.29, 1.82) is 0 Å². The lowest BCUT2D eigenvalue weighted by atomic mass is 9.92. The summed E-state index contributed by atoms with van der Waals surface area (Å²) in [5, 5.41) is 14.4. The number of aromatic nitrogens is 8. The van der Waals surface area contributed by atoms with E-state index in [1.165, 1.54) is 4.57 Å². The number of hydrogen-bond acceptors (Lipinski definition) is 6. The average Bonchev–Trinajstić information content (AvgIpc) is 3.68. The van der Waals surface area contributed by atoms with Crippen LogP contribution in [0.15, 0.2) is 88.5 Å². The molecule has 1 N–H and O–H groups in total. The number of tetrazole rings is 1. The van der Waals surface area contributed by atoms with Crippen LogP contribution in [0.2, 0.25) is 0 Å². The van der Waals surface area contributed by atoms with Crippen LogP contribution in [-0.2, 0) is 19.5 Å². The highest BCUT2D eigenvalue weighted by Gasteiger charge is 2.26. The summed E-state index contributed by atoms with van der Waals surface area (Å²) >= 11 is 0. The van der Waals surface area contributed by atoms with Crippen molar-refractivity contribution in [3.63, 3.8) is 0 Å². The first-order chi connectivity index (χ1) is 21.7. The van der Waals surface area contributed by atoms with Gasteiger partial charge < -0.3 is 4.57 Å². The molecule has 3 heterocycles. The Morgan fingerprint density at radius 1 is 0.867 bits per heavy atom. The molecule has 0 saturated heterocycles. The van der Waals surface area contributed by atoms with E-state index in [9.17, 15) is 9.59 Å². The van der Waals surface area contributed by atoms with Gasteiger partial charge in [-0.1, -0.05) is 107 Å². The number of rotatable bonds is 9. The largest absolute Gasteiger partial charge is 0.333 e. The molecule has 0 radical (unpaired) electrons. The van der Waals surface area contributed by atoms with Gasteiger partial charge >= 0.3 is 5.69 Å². The standard InChI is InChI=1S/C35H38N8O2/c1-6-20-41-33(44)30-32(43(34(41)45)23(2)25-12-8-7-9-13-25)36-29(21-35(3,4)5)42(30)22-24-16-18-26(19-17-24)27-14-10-11-15-28(27)31-37-39-40-38-31/h7-19,23H,6,20-22H2,1-5H3,(H,37,38,39,40). The van der Waals surface area contributed by atoms with Gasteiger partial charge in [-0.2, -0.15) is 0 Å². The first-order valence-corrected chi connectivity index (χ1v) is 15.4. The fraction of sp³-hybridized carbons (Fsp3) is 0.314. The molecule has 0 aliphatic carbocycles. The highest BCUT2D eigenvalue weighted by atomic mass is 16.2. The minimum absolute atomic E-state index is 0.0964. The van der Waals surface area contributed by atoms with E-state index in [4.69, 9.17) is 4.98 Å². The van der Waals surface area contributed by atoms with Gasteiger partial charge in [0, 0.05) is 25.1 Å². The van der Waals surface area contributed by atoms with Crippen molar-refractivity contribution in [3.8, 4) is 22.5 Å². The third kappa shape index (κ3) is 5.87. The summed E-state index contributed by atoms with van der Waals surface area (Å²) in [4.78, 5) is 33.1. The molecule has 0 amide bonds. The molecular weight excluding hydrogens is 564 g/mol. The predicted octanol–water partition coefficient (Wildman–Crippen LogP) is 5.86. The minimum atomic E-state index is -0.331. The van der Waals surface area contributed by atoms with E-state index in [2.05, 4.69) is 65.7 Å². The zero-order valence-corrected chi connectivity index (χ0v) is 26.4. The number of nitrogens with one attached hydrogen (secondary N) is 1. The van der Waals surface area contributed by atoms with Crippen molar-refractivity contribution in [2.24, 2.45) is 5.41 Å². The fourth-order valence-electron chi connectivity index (χ4n) is 5.92. The number of benzene rings is 3. The molecule has 0 saturated carbocycles. The second kappa shape index (κ2) is 12.1. The Balaban J connectivity index is 1.49. The molecule has 45 heavy (non-hydrogen) atoms. The SMILES string of the molecule is CCCn1c(=O)c2c(nc(CC(C)(C)C)n2Cc2ccc(-c3ccccc3-c3nnn[nH]3)cc2)n(C(C)c2ccccc2)c1=O. The van der Waals surface area contributed by atoms with Gasteiger partial charge in [-0.15, -0.1) is 5.10 Å². The lowest BCUT2D eigenvalue weighted by molar-refractivity contribution is 0.394. The molecule has 230 valence electrons. The van der Waals surface area contributed by atoms with Gasteiger partial charge in [0.15, 0.2) is 17.0 Å². The van der Waals surface area contributed by atoms with Gasteiger partial charge in [0.05, 0.1) is 6.04 Å². The number of fused-ring (bicyclic) bond motifs is 1. The van der Waals surface area contributed by atoms with E-state index < -0.39 is 0 Å². The Bertz CT molecular complexity index is 2050. The number of hydrogen-bond donors (Lipinski definition) is 1. The lowest BCUT2D eigenvalue weighted by Gasteiger charge is -2.19. The molecule has 0 fully saturated rings. The Labute approximate surface area is 261 Å². The Hall–Kier alpha value is -5.12. The number of aromatic amines is 1. The molecule has 0 spiro atoms. The van der Waals surface area contributed by atoms with Gasteiger partial charge in [-0.25, -0.2) is 14.9 Å². The van der Waals surface area contributed by atoms with Gasteiger partial charge in [0.25, 0.3) is 5.56 Å². The first kappa shape index (κ1) is 29.9. The third-order valence-electron chi connectivity index (χ3n) is 8.08. The maximum atomic E-state index is 14.1. The van der Waals surface area contributed by atoms with Crippen molar-refractivity contribution in [1.82, 2.24) is 39.3 Å². The van der Waals surface area contributed by atoms with Crippen molar-refractivity contribution >= 4 is 11.2 Å². The highest BCUT2D eigenvalue weighted by molar-refractivity contribution is 5.80. The maximum absolute atomic E-state index is 14.1. The summed E-state index contributed by atoms with van der Waals surface area (Å²) in [7, 11) is 0. The Kier molecular flexibility index (Phi) is 8.05. The van der Waals surface area contributed by atoms with Crippen LogP contribution in [0.5, 0.6) is 0 Å². The molecule has 6 rings (SSSR count). The zero-order valence-electron chi connectivity index (χ0n) is 26.4. The second-order valence-corrected chi connectivity index (χ2v) is 12.7. The summed E-state index contributed by atoms with van der Waals surface area (Å²) < 4.78 is 5.09. The second-order valence-electron chi connectivity index (χ2n) is 12.7. The van der Waals surface area contributed by atoms with Gasteiger partial charge in [0.2, 0.25) is 0 Å². The number of nitrogens with zero attached hydrogens (tertiary/aromatic N) is 7. The monoisotopic (exact) mass is 602 g/mol. The summed E-state index contributed by atoms with van der Waals surface area (Å²) in [5.74, 6) is 1.38. The van der Waals surface area contributed by atoms with Crippen LogP contribution in [0.25, 0.3) is 33.7 Å². The van der Waals surface area contributed by atoms with E-state index in [0.29, 0.717) is 42.9 Å². The van der Waals surface area contributed by atoms with E-state index in [-0.39, 0.29) is 22.7 Å². The molecule has 0 aliphatic rings. The van der Waals surface area contributed by atoms with E-state index in [1.807, 2.05) is 73.0 Å². The fourth-order valence-corrected chi connectivity index (χ4v) is 5.92. The van der Waals surface area contributed by atoms with Gasteiger partial charge in [-0.05, 0) is 51.4 Å². The molecule has 10 heteroatoms. The lowest BCUT2D eigenvalue weighted by Crippen LogP contribution is -2.41. The Morgan fingerprint density at radius 3 is 2.20 bits per heavy atom. The first-order valence-electron chi connectivity index (χ1n) is 15.4. The van der Waals surface area contributed by atoms with Crippen LogP contribution in [-0.4, -0.2) is 39.3 Å². The Morgan fingerprint density at radius 2 is 1.56 bits per heavy atom. The number of imidazole rings is 1. The quantitative estimate of drug-likeness (QED) is 0.222. The van der Waals surface area contributed by atoms with E-state index in [0.717, 1.165) is 33.6 Å². The molecule has 1 atom stereocenters.